The monoisotopic (exact) mass is 350 g/mol. The summed E-state index contributed by atoms with van der Waals surface area (Å²) in [4.78, 5) is 17.1. The van der Waals surface area contributed by atoms with Gasteiger partial charge in [-0.25, -0.2) is 0 Å². The second-order valence-electron chi connectivity index (χ2n) is 7.95. The van der Waals surface area contributed by atoms with E-state index < -0.39 is 0 Å². The van der Waals surface area contributed by atoms with Crippen molar-refractivity contribution >= 4 is 11.7 Å². The van der Waals surface area contributed by atoms with E-state index in [0.717, 1.165) is 18.5 Å². The Kier molecular flexibility index (Phi) is 4.03. The number of esters is 1. The number of nitrogens with zero attached hydrogens (tertiary/aromatic N) is 2. The number of carbonyl (C=O) groups excluding carboxylic acids is 1. The van der Waals surface area contributed by atoms with Crippen molar-refractivity contribution in [2.45, 2.75) is 38.3 Å². The van der Waals surface area contributed by atoms with E-state index in [1.165, 1.54) is 16.8 Å². The minimum atomic E-state index is -0.217. The van der Waals surface area contributed by atoms with E-state index in [-0.39, 0.29) is 11.4 Å². The average molecular weight is 350 g/mol. The first kappa shape index (κ1) is 17.1. The first-order valence-corrected chi connectivity index (χ1v) is 9.22. The predicted molar refractivity (Wildman–Crippen MR) is 104 cm³/mol. The summed E-state index contributed by atoms with van der Waals surface area (Å²) < 4.78 is 5.66. The Hall–Kier alpha value is -2.33. The van der Waals surface area contributed by atoms with Crippen molar-refractivity contribution in [3.05, 3.63) is 59.2 Å². The zero-order chi connectivity index (χ0) is 18.5. The molecule has 2 unspecified atom stereocenters. The number of carbonyl (C=O) groups is 1. The maximum absolute atomic E-state index is 12.4. The quantitative estimate of drug-likeness (QED) is 0.626. The van der Waals surface area contributed by atoms with Gasteiger partial charge in [0.2, 0.25) is 0 Å². The number of benzene rings is 2. The molecule has 4 nitrogen and oxygen atoms in total. The van der Waals surface area contributed by atoms with Gasteiger partial charge in [0, 0.05) is 24.7 Å². The molecule has 2 heterocycles. The molecule has 4 heteroatoms. The molecule has 2 aliphatic rings. The highest BCUT2D eigenvalue weighted by Gasteiger charge is 2.52. The van der Waals surface area contributed by atoms with E-state index >= 15 is 0 Å². The van der Waals surface area contributed by atoms with Crippen molar-refractivity contribution in [1.29, 1.82) is 0 Å². The summed E-state index contributed by atoms with van der Waals surface area (Å²) >= 11 is 0. The molecule has 2 aromatic rings. The smallest absolute Gasteiger partial charge is 0.315 e. The summed E-state index contributed by atoms with van der Waals surface area (Å²) in [5, 5.41) is 0. The van der Waals surface area contributed by atoms with Crippen LogP contribution in [0.5, 0.6) is 5.75 Å². The van der Waals surface area contributed by atoms with Crippen molar-refractivity contribution in [3.8, 4) is 5.75 Å². The minimum absolute atomic E-state index is 0.0816. The van der Waals surface area contributed by atoms with Gasteiger partial charge in [-0.2, -0.15) is 0 Å². The van der Waals surface area contributed by atoms with Crippen molar-refractivity contribution in [3.63, 3.8) is 0 Å². The van der Waals surface area contributed by atoms with Gasteiger partial charge in [-0.3, -0.25) is 9.69 Å². The molecular formula is C22H26N2O2. The molecule has 2 aliphatic heterocycles. The van der Waals surface area contributed by atoms with Gasteiger partial charge in [0.15, 0.2) is 0 Å². The first-order chi connectivity index (χ1) is 12.4. The summed E-state index contributed by atoms with van der Waals surface area (Å²) in [5.41, 5.74) is 4.77. The number of hydrogen-bond acceptors (Lipinski definition) is 4. The number of likely N-dealkylation sites (N-methyl/N-ethyl adjacent to an activating group) is 2. The second-order valence-corrected chi connectivity index (χ2v) is 7.95. The fraction of sp³-hybridized carbons (Fsp3) is 0.409. The zero-order valence-corrected chi connectivity index (χ0v) is 16.0. The third-order valence-electron chi connectivity index (χ3n) is 6.00. The van der Waals surface area contributed by atoms with Gasteiger partial charge in [0.1, 0.15) is 5.75 Å². The molecule has 4 rings (SSSR count). The standard InChI is InChI=1S/C22H26N2O2/c1-15-5-7-16(8-6-15)13-20(25)26-17-9-10-19-18(14-17)22(2)11-12-23(3)21(22)24(19)4/h5-10,14,21H,11-13H2,1-4H3. The molecule has 26 heavy (non-hydrogen) atoms. The van der Waals surface area contributed by atoms with Crippen LogP contribution in [0, 0.1) is 6.92 Å². The summed E-state index contributed by atoms with van der Waals surface area (Å²) in [6, 6.07) is 14.1. The SMILES string of the molecule is Cc1ccc(CC(=O)Oc2ccc3c(c2)C2(C)CCN(C)C2N3C)cc1. The van der Waals surface area contributed by atoms with Gasteiger partial charge in [-0.1, -0.05) is 36.8 Å². The van der Waals surface area contributed by atoms with E-state index in [9.17, 15) is 4.79 Å². The van der Waals surface area contributed by atoms with Crippen molar-refractivity contribution in [2.24, 2.45) is 0 Å². The van der Waals surface area contributed by atoms with Crippen LogP contribution in [0.15, 0.2) is 42.5 Å². The van der Waals surface area contributed by atoms with Crippen LogP contribution in [0.2, 0.25) is 0 Å². The van der Waals surface area contributed by atoms with Gasteiger partial charge in [0.05, 0.1) is 12.6 Å². The number of fused-ring (bicyclic) bond motifs is 3. The predicted octanol–water partition coefficient (Wildman–Crippen LogP) is 3.51. The topological polar surface area (TPSA) is 32.8 Å². The third kappa shape index (κ3) is 2.69. The van der Waals surface area contributed by atoms with E-state index in [4.69, 9.17) is 4.74 Å². The molecule has 136 valence electrons. The zero-order valence-electron chi connectivity index (χ0n) is 16.0. The molecule has 0 amide bonds. The number of ether oxygens (including phenoxy) is 1. The summed E-state index contributed by atoms with van der Waals surface area (Å²) in [6.45, 7) is 5.45. The van der Waals surface area contributed by atoms with Crippen molar-refractivity contribution in [2.75, 3.05) is 25.5 Å². The van der Waals surface area contributed by atoms with Gasteiger partial charge in [-0.15, -0.1) is 0 Å². The lowest BCUT2D eigenvalue weighted by atomic mass is 9.81. The largest absolute Gasteiger partial charge is 0.426 e. The lowest BCUT2D eigenvalue weighted by molar-refractivity contribution is -0.133. The van der Waals surface area contributed by atoms with Gasteiger partial charge >= 0.3 is 5.97 Å². The van der Waals surface area contributed by atoms with E-state index in [2.05, 4.69) is 43.0 Å². The molecule has 1 fully saturated rings. The Bertz CT molecular complexity index is 846. The Morgan fingerprint density at radius 3 is 2.65 bits per heavy atom. The highest BCUT2D eigenvalue weighted by molar-refractivity contribution is 5.76. The highest BCUT2D eigenvalue weighted by Crippen LogP contribution is 2.51. The molecule has 0 radical (unpaired) electrons. The molecule has 2 atom stereocenters. The summed E-state index contributed by atoms with van der Waals surface area (Å²) in [5.74, 6) is 0.427. The van der Waals surface area contributed by atoms with Crippen LogP contribution in [0.3, 0.4) is 0 Å². The van der Waals surface area contributed by atoms with Crippen LogP contribution in [-0.2, 0) is 16.6 Å². The molecule has 0 N–H and O–H groups in total. The summed E-state index contributed by atoms with van der Waals surface area (Å²) in [6.07, 6.45) is 1.78. The molecule has 1 saturated heterocycles. The van der Waals surface area contributed by atoms with Crippen LogP contribution >= 0.6 is 0 Å². The van der Waals surface area contributed by atoms with Crippen LogP contribution < -0.4 is 9.64 Å². The number of aryl methyl sites for hydroxylation is 1. The first-order valence-electron chi connectivity index (χ1n) is 9.22. The van der Waals surface area contributed by atoms with Crippen LogP contribution in [0.1, 0.15) is 30.0 Å². The molecule has 2 aromatic carbocycles. The number of rotatable bonds is 3. The molecular weight excluding hydrogens is 324 g/mol. The number of hydrogen-bond donors (Lipinski definition) is 0. The molecule has 0 bridgehead atoms. The molecule has 0 spiro atoms. The van der Waals surface area contributed by atoms with E-state index in [1.807, 2.05) is 37.3 Å². The third-order valence-corrected chi connectivity index (χ3v) is 6.00. The minimum Gasteiger partial charge on any atom is -0.426 e. The summed E-state index contributed by atoms with van der Waals surface area (Å²) in [7, 11) is 4.33. The Morgan fingerprint density at radius 2 is 1.92 bits per heavy atom. The van der Waals surface area contributed by atoms with Gasteiger partial charge < -0.3 is 9.64 Å². The average Bonchev–Trinajstić information content (AvgIpc) is 3.03. The van der Waals surface area contributed by atoms with Crippen molar-refractivity contribution < 1.29 is 9.53 Å². The molecule has 0 aliphatic carbocycles. The van der Waals surface area contributed by atoms with Crippen LogP contribution in [-0.4, -0.2) is 37.7 Å². The van der Waals surface area contributed by atoms with Crippen LogP contribution in [0.4, 0.5) is 5.69 Å². The van der Waals surface area contributed by atoms with Gasteiger partial charge in [0.25, 0.3) is 0 Å². The molecule has 0 aromatic heterocycles. The Balaban J connectivity index is 1.54. The molecule has 0 saturated carbocycles. The van der Waals surface area contributed by atoms with Crippen LogP contribution in [0.25, 0.3) is 0 Å². The second kappa shape index (κ2) is 6.13. The van der Waals surface area contributed by atoms with E-state index in [0.29, 0.717) is 18.3 Å². The maximum Gasteiger partial charge on any atom is 0.315 e. The van der Waals surface area contributed by atoms with Gasteiger partial charge in [-0.05, 0) is 49.7 Å². The Morgan fingerprint density at radius 1 is 1.19 bits per heavy atom. The maximum atomic E-state index is 12.4. The Labute approximate surface area is 155 Å². The number of likely N-dealkylation sites (tertiary alicyclic amines) is 1. The lowest BCUT2D eigenvalue weighted by Gasteiger charge is -2.32. The normalized spacial score (nSPS) is 24.5. The fourth-order valence-corrected chi connectivity index (χ4v) is 4.66. The lowest BCUT2D eigenvalue weighted by Crippen LogP contribution is -2.45. The number of anilines is 1. The fourth-order valence-electron chi connectivity index (χ4n) is 4.66. The van der Waals surface area contributed by atoms with Crippen molar-refractivity contribution in [1.82, 2.24) is 4.90 Å². The highest BCUT2D eigenvalue weighted by atomic mass is 16.5. The van der Waals surface area contributed by atoms with E-state index in [1.54, 1.807) is 0 Å².